The average Bonchev–Trinajstić information content (AvgIpc) is 2.96. The molecule has 1 heterocycles. The standard InChI is InChI=1S/C23H26O9S/c1-22-17(11-12-31-20(26)15-7-9-16(10-8-15)33(28,29)30)18(24)13-23(22,21(27)32-22)19(25)14-5-3-2-4-6-14/h3,5,7-10,14,17,19,25H,2,4,6,11-13H2,1H3,(H,28,29,30)/t14-,17+,19+,22+,23-/m1/s1. The molecule has 0 aromatic heterocycles. The summed E-state index contributed by atoms with van der Waals surface area (Å²) in [7, 11) is -4.37. The Bertz CT molecular complexity index is 1110. The van der Waals surface area contributed by atoms with E-state index in [9.17, 15) is 27.9 Å². The van der Waals surface area contributed by atoms with Gasteiger partial charge in [-0.2, -0.15) is 8.42 Å². The maximum atomic E-state index is 12.9. The molecule has 178 valence electrons. The van der Waals surface area contributed by atoms with E-state index in [1.807, 2.05) is 12.2 Å². The topological polar surface area (TPSA) is 144 Å². The molecule has 4 rings (SSSR count). The highest BCUT2D eigenvalue weighted by molar-refractivity contribution is 7.85. The van der Waals surface area contributed by atoms with Crippen molar-refractivity contribution in [1.82, 2.24) is 0 Å². The van der Waals surface area contributed by atoms with Crippen LogP contribution in [0.5, 0.6) is 0 Å². The first-order chi connectivity index (χ1) is 15.5. The molecule has 1 aromatic carbocycles. The lowest BCUT2D eigenvalue weighted by atomic mass is 9.60. The number of rotatable bonds is 7. The number of ether oxygens (including phenoxy) is 2. The number of ketones is 1. The van der Waals surface area contributed by atoms with Gasteiger partial charge in [0, 0.05) is 12.3 Å². The normalized spacial score (nSPS) is 32.0. The summed E-state index contributed by atoms with van der Waals surface area (Å²) in [6, 6.07) is 4.58. The predicted octanol–water partition coefficient (Wildman–Crippen LogP) is 2.09. The number of esters is 2. The Hall–Kier alpha value is -2.56. The van der Waals surface area contributed by atoms with Crippen LogP contribution < -0.4 is 0 Å². The summed E-state index contributed by atoms with van der Waals surface area (Å²) in [5, 5.41) is 11.1. The minimum Gasteiger partial charge on any atom is -0.462 e. The van der Waals surface area contributed by atoms with Gasteiger partial charge in [-0.3, -0.25) is 14.1 Å². The van der Waals surface area contributed by atoms with Gasteiger partial charge in [-0.25, -0.2) is 4.79 Å². The lowest BCUT2D eigenvalue weighted by Crippen LogP contribution is -2.70. The SMILES string of the molecule is C[C@@]12OC(=O)[C@]1([C@@H](O)[C@@H]1C=CCCC1)CC(=O)[C@@H]2CCOC(=O)c1ccc(S(=O)(=O)O)cc1. The fourth-order valence-corrected chi connectivity index (χ4v) is 5.88. The zero-order valence-corrected chi connectivity index (χ0v) is 18.9. The Morgan fingerprint density at radius 1 is 1.27 bits per heavy atom. The molecule has 0 spiro atoms. The number of aliphatic hydroxyl groups excluding tert-OH is 1. The molecule has 2 fully saturated rings. The van der Waals surface area contributed by atoms with Crippen LogP contribution in [0.1, 0.15) is 49.4 Å². The van der Waals surface area contributed by atoms with E-state index in [1.165, 1.54) is 12.1 Å². The molecule has 1 saturated carbocycles. The number of carbonyl (C=O) groups is 3. The van der Waals surface area contributed by atoms with E-state index < -0.39 is 45.1 Å². The Balaban J connectivity index is 1.42. The number of Topliss-reactive ketones (excluding diaryl/α,β-unsaturated/α-hetero) is 1. The summed E-state index contributed by atoms with van der Waals surface area (Å²) < 4.78 is 41.9. The lowest BCUT2D eigenvalue weighted by Gasteiger charge is -2.55. The molecule has 0 bridgehead atoms. The van der Waals surface area contributed by atoms with Gasteiger partial charge in [0.05, 0.1) is 29.1 Å². The lowest BCUT2D eigenvalue weighted by molar-refractivity contribution is -0.263. The van der Waals surface area contributed by atoms with E-state index in [1.54, 1.807) is 6.92 Å². The summed E-state index contributed by atoms with van der Waals surface area (Å²) in [5.41, 5.74) is -2.39. The van der Waals surface area contributed by atoms with Crippen molar-refractivity contribution in [2.45, 2.75) is 55.6 Å². The second-order valence-electron chi connectivity index (χ2n) is 9.06. The molecule has 3 aliphatic rings. The van der Waals surface area contributed by atoms with Gasteiger partial charge in [-0.05, 0) is 56.9 Å². The first-order valence-electron chi connectivity index (χ1n) is 10.9. The van der Waals surface area contributed by atoms with Crippen LogP contribution in [-0.2, 0) is 29.2 Å². The molecule has 10 heteroatoms. The summed E-state index contributed by atoms with van der Waals surface area (Å²) in [5.74, 6) is -2.44. The van der Waals surface area contributed by atoms with Gasteiger partial charge < -0.3 is 14.6 Å². The Kier molecular flexibility index (Phi) is 5.96. The van der Waals surface area contributed by atoms with E-state index in [0.717, 1.165) is 31.4 Å². The molecule has 2 aliphatic carbocycles. The molecule has 0 radical (unpaired) electrons. The van der Waals surface area contributed by atoms with Crippen LogP contribution in [0.15, 0.2) is 41.3 Å². The third-order valence-corrected chi connectivity index (χ3v) is 8.16. The number of fused-ring (bicyclic) bond motifs is 1. The summed E-state index contributed by atoms with van der Waals surface area (Å²) in [4.78, 5) is 37.4. The van der Waals surface area contributed by atoms with Crippen molar-refractivity contribution in [1.29, 1.82) is 0 Å². The van der Waals surface area contributed by atoms with Crippen LogP contribution in [0, 0.1) is 17.3 Å². The molecule has 0 amide bonds. The minimum absolute atomic E-state index is 0.0790. The van der Waals surface area contributed by atoms with Gasteiger partial charge in [0.1, 0.15) is 16.8 Å². The predicted molar refractivity (Wildman–Crippen MR) is 114 cm³/mol. The van der Waals surface area contributed by atoms with Crippen molar-refractivity contribution >= 4 is 27.8 Å². The van der Waals surface area contributed by atoms with Crippen molar-refractivity contribution in [2.75, 3.05) is 6.61 Å². The molecule has 33 heavy (non-hydrogen) atoms. The molecule has 5 atom stereocenters. The number of aliphatic hydroxyl groups is 1. The summed E-state index contributed by atoms with van der Waals surface area (Å²) in [6.07, 6.45) is 5.42. The largest absolute Gasteiger partial charge is 0.462 e. The first-order valence-corrected chi connectivity index (χ1v) is 12.3. The second-order valence-corrected chi connectivity index (χ2v) is 10.5. The van der Waals surface area contributed by atoms with E-state index in [-0.39, 0.29) is 41.6 Å². The van der Waals surface area contributed by atoms with Crippen molar-refractivity contribution < 1.29 is 41.9 Å². The summed E-state index contributed by atoms with van der Waals surface area (Å²) >= 11 is 0. The molecule has 1 aromatic rings. The number of hydrogen-bond donors (Lipinski definition) is 2. The zero-order valence-electron chi connectivity index (χ0n) is 18.1. The van der Waals surface area contributed by atoms with E-state index in [4.69, 9.17) is 14.0 Å². The Labute approximate surface area is 191 Å². The average molecular weight is 479 g/mol. The smallest absolute Gasteiger partial charge is 0.338 e. The third-order valence-electron chi connectivity index (χ3n) is 7.29. The minimum atomic E-state index is -4.37. The Morgan fingerprint density at radius 2 is 1.97 bits per heavy atom. The highest BCUT2D eigenvalue weighted by atomic mass is 32.2. The quantitative estimate of drug-likeness (QED) is 0.342. The van der Waals surface area contributed by atoms with E-state index in [2.05, 4.69) is 0 Å². The van der Waals surface area contributed by atoms with Gasteiger partial charge in [0.25, 0.3) is 10.1 Å². The van der Waals surface area contributed by atoms with Crippen LogP contribution in [0.25, 0.3) is 0 Å². The van der Waals surface area contributed by atoms with Crippen LogP contribution >= 0.6 is 0 Å². The Morgan fingerprint density at radius 3 is 2.55 bits per heavy atom. The van der Waals surface area contributed by atoms with Crippen molar-refractivity contribution in [3.05, 3.63) is 42.0 Å². The van der Waals surface area contributed by atoms with Crippen LogP contribution in [-0.4, -0.2) is 54.1 Å². The van der Waals surface area contributed by atoms with E-state index in [0.29, 0.717) is 0 Å². The molecule has 1 aliphatic heterocycles. The number of allylic oxidation sites excluding steroid dienone is 1. The molecule has 0 unspecified atom stereocenters. The maximum Gasteiger partial charge on any atom is 0.338 e. The van der Waals surface area contributed by atoms with Crippen LogP contribution in [0.3, 0.4) is 0 Å². The third kappa shape index (κ3) is 3.79. The fourth-order valence-electron chi connectivity index (χ4n) is 5.40. The highest BCUT2D eigenvalue weighted by Gasteiger charge is 2.78. The number of hydrogen-bond acceptors (Lipinski definition) is 8. The van der Waals surface area contributed by atoms with Gasteiger partial charge in [-0.1, -0.05) is 12.2 Å². The molecular weight excluding hydrogens is 452 g/mol. The van der Waals surface area contributed by atoms with Crippen LogP contribution in [0.4, 0.5) is 0 Å². The zero-order chi connectivity index (χ0) is 24.0. The number of benzene rings is 1. The first kappa shape index (κ1) is 23.6. The van der Waals surface area contributed by atoms with Gasteiger partial charge >= 0.3 is 11.9 Å². The fraction of sp³-hybridized carbons (Fsp3) is 0.522. The van der Waals surface area contributed by atoms with Gasteiger partial charge in [0.2, 0.25) is 0 Å². The van der Waals surface area contributed by atoms with Crippen molar-refractivity contribution in [3.8, 4) is 0 Å². The molecule has 1 saturated heterocycles. The monoisotopic (exact) mass is 478 g/mol. The number of carbonyl (C=O) groups excluding carboxylic acids is 3. The van der Waals surface area contributed by atoms with Crippen molar-refractivity contribution in [3.63, 3.8) is 0 Å². The maximum absolute atomic E-state index is 12.9. The summed E-state index contributed by atoms with van der Waals surface area (Å²) in [6.45, 7) is 1.54. The second kappa shape index (κ2) is 8.34. The van der Waals surface area contributed by atoms with Gasteiger partial charge in [-0.15, -0.1) is 0 Å². The van der Waals surface area contributed by atoms with Crippen molar-refractivity contribution in [2.24, 2.45) is 17.3 Å². The molecule has 9 nitrogen and oxygen atoms in total. The molecule has 2 N–H and O–H groups in total. The van der Waals surface area contributed by atoms with Gasteiger partial charge in [0.15, 0.2) is 0 Å². The van der Waals surface area contributed by atoms with E-state index >= 15 is 0 Å². The highest BCUT2D eigenvalue weighted by Crippen LogP contribution is 2.62. The molecular formula is C23H26O9S. The van der Waals surface area contributed by atoms with Crippen LogP contribution in [0.2, 0.25) is 0 Å².